The van der Waals surface area contributed by atoms with Gasteiger partial charge in [-0.15, -0.1) is 0 Å². The highest BCUT2D eigenvalue weighted by Crippen LogP contribution is 2.12. The molecule has 6 heteroatoms. The molecule has 6 nitrogen and oxygen atoms in total. The Morgan fingerprint density at radius 3 is 2.38 bits per heavy atom. The van der Waals surface area contributed by atoms with Gasteiger partial charge in [0.25, 0.3) is 5.91 Å². The van der Waals surface area contributed by atoms with Crippen molar-refractivity contribution < 1.29 is 18.7 Å². The number of ether oxygens (including phenoxy) is 1. The number of rotatable bonds is 4. The zero-order valence-electron chi connectivity index (χ0n) is 13.5. The fraction of sp³-hybridized carbons (Fsp3) is 0.600. The van der Waals surface area contributed by atoms with Crippen molar-refractivity contribution in [3.05, 3.63) is 24.2 Å². The van der Waals surface area contributed by atoms with Gasteiger partial charge in [0.1, 0.15) is 5.60 Å². The molecular weight excluding hydrogens is 272 g/mol. The first kappa shape index (κ1) is 17.1. The average Bonchev–Trinajstić information content (AvgIpc) is 2.76. The summed E-state index contributed by atoms with van der Waals surface area (Å²) in [5.74, 6) is 0.0321. The van der Waals surface area contributed by atoms with Crippen molar-refractivity contribution in [1.29, 1.82) is 0 Å². The minimum Gasteiger partial charge on any atom is -0.459 e. The van der Waals surface area contributed by atoms with Crippen LogP contribution in [0.25, 0.3) is 0 Å². The molecule has 0 aliphatic heterocycles. The smallest absolute Gasteiger partial charge is 0.408 e. The number of carbonyl (C=O) groups is 2. The molecule has 1 aromatic heterocycles. The quantitative estimate of drug-likeness (QED) is 0.927. The van der Waals surface area contributed by atoms with Gasteiger partial charge in [-0.2, -0.15) is 0 Å². The summed E-state index contributed by atoms with van der Waals surface area (Å²) in [5, 5.41) is 2.76. The van der Waals surface area contributed by atoms with Crippen LogP contribution in [0.2, 0.25) is 0 Å². The maximum atomic E-state index is 12.1. The zero-order valence-corrected chi connectivity index (χ0v) is 13.5. The van der Waals surface area contributed by atoms with Gasteiger partial charge in [0.2, 0.25) is 0 Å². The van der Waals surface area contributed by atoms with Crippen LogP contribution in [-0.2, 0) is 4.74 Å². The maximum Gasteiger partial charge on any atom is 0.408 e. The van der Waals surface area contributed by atoms with Gasteiger partial charge < -0.3 is 19.4 Å². The second kappa shape index (κ2) is 6.20. The molecule has 0 saturated heterocycles. The Kier molecular flexibility index (Phi) is 5.04. The number of carbonyl (C=O) groups excluding carboxylic acids is 2. The van der Waals surface area contributed by atoms with E-state index in [9.17, 15) is 9.59 Å². The SMILES string of the molecule is CN(CC(C)(C)NC(=O)OC(C)(C)C)C(=O)c1ccco1. The lowest BCUT2D eigenvalue weighted by atomic mass is 10.1. The van der Waals surface area contributed by atoms with Crippen molar-refractivity contribution in [2.45, 2.75) is 45.8 Å². The summed E-state index contributed by atoms with van der Waals surface area (Å²) in [6, 6.07) is 3.26. The Bertz CT molecular complexity index is 486. The molecule has 0 spiro atoms. The van der Waals surface area contributed by atoms with Gasteiger partial charge in [0.15, 0.2) is 5.76 Å². The van der Waals surface area contributed by atoms with Crippen LogP contribution in [0.15, 0.2) is 22.8 Å². The van der Waals surface area contributed by atoms with Crippen LogP contribution in [-0.4, -0.2) is 41.6 Å². The number of likely N-dealkylation sites (N-methyl/N-ethyl adjacent to an activating group) is 1. The summed E-state index contributed by atoms with van der Waals surface area (Å²) < 4.78 is 10.3. The molecule has 1 aromatic rings. The van der Waals surface area contributed by atoms with E-state index in [0.717, 1.165) is 0 Å². The molecule has 1 N–H and O–H groups in total. The van der Waals surface area contributed by atoms with Crippen molar-refractivity contribution in [2.75, 3.05) is 13.6 Å². The number of nitrogens with one attached hydrogen (secondary N) is 1. The molecule has 118 valence electrons. The molecule has 2 amide bonds. The normalized spacial score (nSPS) is 11.9. The van der Waals surface area contributed by atoms with E-state index in [-0.39, 0.29) is 11.7 Å². The van der Waals surface area contributed by atoms with Gasteiger partial charge in [-0.05, 0) is 46.8 Å². The number of hydrogen-bond donors (Lipinski definition) is 1. The highest BCUT2D eigenvalue weighted by atomic mass is 16.6. The van der Waals surface area contributed by atoms with Gasteiger partial charge in [-0.25, -0.2) is 4.79 Å². The highest BCUT2D eigenvalue weighted by molar-refractivity contribution is 5.91. The fourth-order valence-electron chi connectivity index (χ4n) is 1.87. The third-order valence-corrected chi connectivity index (χ3v) is 2.55. The van der Waals surface area contributed by atoms with Gasteiger partial charge in [0, 0.05) is 13.6 Å². The lowest BCUT2D eigenvalue weighted by Gasteiger charge is -2.32. The molecular formula is C15H24N2O4. The van der Waals surface area contributed by atoms with E-state index in [1.165, 1.54) is 11.2 Å². The first-order valence-electron chi connectivity index (χ1n) is 6.80. The first-order chi connectivity index (χ1) is 9.50. The number of amides is 2. The van der Waals surface area contributed by atoms with E-state index in [1.54, 1.807) is 40.0 Å². The predicted octanol–water partition coefficient (Wildman–Crippen LogP) is 2.65. The molecule has 1 heterocycles. The standard InChI is InChI=1S/C15H24N2O4/c1-14(2,3)21-13(19)16-15(4,5)10-17(6)12(18)11-8-7-9-20-11/h7-9H,10H2,1-6H3,(H,16,19). The molecule has 0 bridgehead atoms. The van der Waals surface area contributed by atoms with Crippen LogP contribution in [0.5, 0.6) is 0 Å². The number of alkyl carbamates (subject to hydrolysis) is 1. The second-order valence-corrected chi connectivity index (χ2v) is 6.65. The second-order valence-electron chi connectivity index (χ2n) is 6.65. The summed E-state index contributed by atoms with van der Waals surface area (Å²) in [7, 11) is 1.66. The molecule has 0 atom stereocenters. The Balaban J connectivity index is 2.59. The number of nitrogens with zero attached hydrogens (tertiary/aromatic N) is 1. The molecule has 0 saturated carbocycles. The van der Waals surface area contributed by atoms with E-state index in [1.807, 2.05) is 13.8 Å². The van der Waals surface area contributed by atoms with Crippen LogP contribution >= 0.6 is 0 Å². The first-order valence-corrected chi connectivity index (χ1v) is 6.80. The Morgan fingerprint density at radius 2 is 1.90 bits per heavy atom. The molecule has 0 radical (unpaired) electrons. The monoisotopic (exact) mass is 296 g/mol. The van der Waals surface area contributed by atoms with Crippen LogP contribution < -0.4 is 5.32 Å². The highest BCUT2D eigenvalue weighted by Gasteiger charge is 2.28. The average molecular weight is 296 g/mol. The largest absolute Gasteiger partial charge is 0.459 e. The van der Waals surface area contributed by atoms with E-state index in [0.29, 0.717) is 6.54 Å². The molecule has 0 aliphatic carbocycles. The van der Waals surface area contributed by atoms with E-state index >= 15 is 0 Å². The predicted molar refractivity (Wildman–Crippen MR) is 79.1 cm³/mol. The summed E-state index contributed by atoms with van der Waals surface area (Å²) in [4.78, 5) is 25.4. The van der Waals surface area contributed by atoms with Crippen molar-refractivity contribution in [1.82, 2.24) is 10.2 Å². The van der Waals surface area contributed by atoms with Crippen LogP contribution in [0.1, 0.15) is 45.2 Å². The molecule has 0 aliphatic rings. The van der Waals surface area contributed by atoms with Crippen LogP contribution in [0.4, 0.5) is 4.79 Å². The van der Waals surface area contributed by atoms with Gasteiger partial charge >= 0.3 is 6.09 Å². The molecule has 0 fully saturated rings. The Hall–Kier alpha value is -1.98. The van der Waals surface area contributed by atoms with Crippen LogP contribution in [0, 0.1) is 0 Å². The molecule has 0 unspecified atom stereocenters. The number of furan rings is 1. The lowest BCUT2D eigenvalue weighted by molar-refractivity contribution is 0.0439. The lowest BCUT2D eigenvalue weighted by Crippen LogP contribution is -2.52. The van der Waals surface area contributed by atoms with E-state index in [2.05, 4.69) is 5.32 Å². The molecule has 21 heavy (non-hydrogen) atoms. The van der Waals surface area contributed by atoms with E-state index in [4.69, 9.17) is 9.15 Å². The topological polar surface area (TPSA) is 71.8 Å². The Labute approximate surface area is 125 Å². The Morgan fingerprint density at radius 1 is 1.29 bits per heavy atom. The van der Waals surface area contributed by atoms with Gasteiger partial charge in [0.05, 0.1) is 11.8 Å². The third-order valence-electron chi connectivity index (χ3n) is 2.55. The van der Waals surface area contributed by atoms with Crippen LogP contribution in [0.3, 0.4) is 0 Å². The zero-order chi connectivity index (χ0) is 16.3. The minimum absolute atomic E-state index is 0.237. The van der Waals surface area contributed by atoms with Crippen molar-refractivity contribution in [2.24, 2.45) is 0 Å². The van der Waals surface area contributed by atoms with E-state index < -0.39 is 17.2 Å². The maximum absolute atomic E-state index is 12.1. The summed E-state index contributed by atoms with van der Waals surface area (Å²) in [5.41, 5.74) is -1.19. The van der Waals surface area contributed by atoms with Crippen molar-refractivity contribution in [3.8, 4) is 0 Å². The number of hydrogen-bond acceptors (Lipinski definition) is 4. The molecule has 1 rings (SSSR count). The third kappa shape index (κ3) is 5.89. The summed E-state index contributed by atoms with van der Waals surface area (Å²) in [6.45, 7) is 9.36. The van der Waals surface area contributed by atoms with Crippen molar-refractivity contribution >= 4 is 12.0 Å². The van der Waals surface area contributed by atoms with Gasteiger partial charge in [-0.1, -0.05) is 0 Å². The minimum atomic E-state index is -0.626. The van der Waals surface area contributed by atoms with Gasteiger partial charge in [-0.3, -0.25) is 4.79 Å². The summed E-state index contributed by atoms with van der Waals surface area (Å²) in [6.07, 6.45) is 0.942. The summed E-state index contributed by atoms with van der Waals surface area (Å²) >= 11 is 0. The van der Waals surface area contributed by atoms with Crippen molar-refractivity contribution in [3.63, 3.8) is 0 Å². The molecule has 0 aromatic carbocycles. The fourth-order valence-corrected chi connectivity index (χ4v) is 1.87.